The van der Waals surface area contributed by atoms with Crippen molar-refractivity contribution in [2.75, 3.05) is 13.6 Å². The van der Waals surface area contributed by atoms with E-state index in [1.807, 2.05) is 26.0 Å². The predicted octanol–water partition coefficient (Wildman–Crippen LogP) is 2.81. The summed E-state index contributed by atoms with van der Waals surface area (Å²) in [4.78, 5) is 29.8. The third kappa shape index (κ3) is 4.42. The number of likely N-dealkylation sites (N-methyl/N-ethyl adjacent to an activating group) is 1. The Morgan fingerprint density at radius 3 is 2.76 bits per heavy atom. The third-order valence-corrected chi connectivity index (χ3v) is 5.13. The number of likely N-dealkylation sites (tertiary alicyclic amines) is 1. The van der Waals surface area contributed by atoms with Gasteiger partial charge in [-0.05, 0) is 42.5 Å². The molecular formula is C18H27N5O2. The van der Waals surface area contributed by atoms with E-state index in [1.54, 1.807) is 11.9 Å². The Morgan fingerprint density at radius 1 is 1.44 bits per heavy atom. The van der Waals surface area contributed by atoms with E-state index < -0.39 is 12.1 Å². The molecule has 1 fully saturated rings. The van der Waals surface area contributed by atoms with Gasteiger partial charge in [-0.1, -0.05) is 43.3 Å². The second kappa shape index (κ2) is 8.72. The molecule has 2 aliphatic rings. The molecule has 1 saturated heterocycles. The van der Waals surface area contributed by atoms with E-state index in [0.717, 1.165) is 12.8 Å². The van der Waals surface area contributed by atoms with Crippen LogP contribution in [0.2, 0.25) is 0 Å². The van der Waals surface area contributed by atoms with E-state index in [-0.39, 0.29) is 23.7 Å². The molecule has 4 atom stereocenters. The minimum atomic E-state index is -0.747. The quantitative estimate of drug-likeness (QED) is 0.471. The second-order valence-electron chi connectivity index (χ2n) is 7.05. The molecule has 1 N–H and O–H groups in total. The van der Waals surface area contributed by atoms with Crippen molar-refractivity contribution >= 4 is 11.8 Å². The van der Waals surface area contributed by atoms with E-state index in [9.17, 15) is 9.59 Å². The first-order valence-corrected chi connectivity index (χ1v) is 8.89. The summed E-state index contributed by atoms with van der Waals surface area (Å²) in [6.07, 6.45) is 10.6. The van der Waals surface area contributed by atoms with Crippen LogP contribution in [0.1, 0.15) is 33.1 Å². The number of hydrogen-bond donors (Lipinski definition) is 1. The molecule has 0 aromatic heterocycles. The first-order valence-electron chi connectivity index (χ1n) is 8.89. The van der Waals surface area contributed by atoms with Gasteiger partial charge in [0, 0.05) is 18.5 Å². The van der Waals surface area contributed by atoms with E-state index >= 15 is 0 Å². The lowest BCUT2D eigenvalue weighted by Gasteiger charge is -2.33. The van der Waals surface area contributed by atoms with Crippen LogP contribution in [0.4, 0.5) is 0 Å². The van der Waals surface area contributed by atoms with Crippen molar-refractivity contribution in [2.45, 2.75) is 45.2 Å². The van der Waals surface area contributed by atoms with Gasteiger partial charge in [0.05, 0.1) is 0 Å². The standard InChI is InChI=1S/C18H27N5O2/c1-12(2)16(17(24)20-3)23-10-9-14(13-7-5-4-6-8-13)11-15(18(23)25)21-22-19/h4-7,12-16H,8-11H2,1-3H3,(H,20,24)/t13?,14-,15+,16+/m1/s1. The highest BCUT2D eigenvalue weighted by Gasteiger charge is 2.39. The summed E-state index contributed by atoms with van der Waals surface area (Å²) in [5, 5.41) is 6.41. The Balaban J connectivity index is 2.28. The summed E-state index contributed by atoms with van der Waals surface area (Å²) >= 11 is 0. The first-order chi connectivity index (χ1) is 12.0. The van der Waals surface area contributed by atoms with Crippen molar-refractivity contribution in [1.29, 1.82) is 0 Å². The fraction of sp³-hybridized carbons (Fsp3) is 0.667. The molecule has 0 aromatic rings. The number of rotatable bonds is 5. The lowest BCUT2D eigenvalue weighted by Crippen LogP contribution is -2.53. The van der Waals surface area contributed by atoms with Crippen LogP contribution in [0.3, 0.4) is 0 Å². The van der Waals surface area contributed by atoms with Crippen molar-refractivity contribution in [3.63, 3.8) is 0 Å². The topological polar surface area (TPSA) is 98.2 Å². The summed E-state index contributed by atoms with van der Waals surface area (Å²) in [6.45, 7) is 4.35. The molecule has 1 heterocycles. The molecule has 7 nitrogen and oxygen atoms in total. The zero-order valence-corrected chi connectivity index (χ0v) is 15.1. The number of amides is 2. The number of allylic oxidation sites excluding steroid dienone is 4. The highest BCUT2D eigenvalue weighted by atomic mass is 16.2. The van der Waals surface area contributed by atoms with Crippen molar-refractivity contribution < 1.29 is 9.59 Å². The lowest BCUT2D eigenvalue weighted by molar-refractivity contribution is -0.142. The fourth-order valence-electron chi connectivity index (χ4n) is 3.84. The molecule has 0 saturated carbocycles. The highest BCUT2D eigenvalue weighted by molar-refractivity contribution is 5.90. The van der Waals surface area contributed by atoms with Crippen LogP contribution in [0.25, 0.3) is 10.4 Å². The largest absolute Gasteiger partial charge is 0.357 e. The van der Waals surface area contributed by atoms with Crippen LogP contribution in [0.5, 0.6) is 0 Å². The van der Waals surface area contributed by atoms with Crippen molar-refractivity contribution in [2.24, 2.45) is 22.9 Å². The molecule has 2 rings (SSSR count). The molecule has 1 aliphatic carbocycles. The molecule has 0 radical (unpaired) electrons. The van der Waals surface area contributed by atoms with E-state index in [1.165, 1.54) is 0 Å². The Bertz CT molecular complexity index is 607. The SMILES string of the molecule is CNC(=O)[C@H](C(C)C)N1CC[C@@H](C2C=CC=CC2)C[C@H](N=[N+]=[N-])C1=O. The van der Waals surface area contributed by atoms with Gasteiger partial charge in [0.25, 0.3) is 0 Å². The smallest absolute Gasteiger partial charge is 0.242 e. The van der Waals surface area contributed by atoms with Crippen LogP contribution in [-0.4, -0.2) is 42.4 Å². The first kappa shape index (κ1) is 19.1. The van der Waals surface area contributed by atoms with Gasteiger partial charge >= 0.3 is 0 Å². The number of nitrogens with one attached hydrogen (secondary N) is 1. The van der Waals surface area contributed by atoms with Gasteiger partial charge < -0.3 is 10.2 Å². The zero-order valence-electron chi connectivity index (χ0n) is 15.1. The molecule has 25 heavy (non-hydrogen) atoms. The normalized spacial score (nSPS) is 27.6. The molecule has 0 spiro atoms. The number of hydrogen-bond acceptors (Lipinski definition) is 3. The Labute approximate surface area is 148 Å². The minimum Gasteiger partial charge on any atom is -0.357 e. The number of carbonyl (C=O) groups is 2. The van der Waals surface area contributed by atoms with E-state index in [0.29, 0.717) is 18.9 Å². The summed E-state index contributed by atoms with van der Waals surface area (Å²) < 4.78 is 0. The number of nitrogens with zero attached hydrogens (tertiary/aromatic N) is 4. The molecule has 136 valence electrons. The van der Waals surface area contributed by atoms with Crippen LogP contribution in [0.15, 0.2) is 29.4 Å². The average Bonchev–Trinajstić information content (AvgIpc) is 2.76. The maximum Gasteiger partial charge on any atom is 0.242 e. The van der Waals surface area contributed by atoms with Crippen molar-refractivity contribution in [1.82, 2.24) is 10.2 Å². The van der Waals surface area contributed by atoms with Crippen LogP contribution in [0, 0.1) is 17.8 Å². The summed E-state index contributed by atoms with van der Waals surface area (Å²) in [7, 11) is 1.58. The Morgan fingerprint density at radius 2 is 2.20 bits per heavy atom. The molecular weight excluding hydrogens is 318 g/mol. The molecule has 2 amide bonds. The average molecular weight is 345 g/mol. The van der Waals surface area contributed by atoms with Crippen molar-refractivity contribution in [3.05, 3.63) is 34.7 Å². The fourth-order valence-corrected chi connectivity index (χ4v) is 3.84. The predicted molar refractivity (Wildman–Crippen MR) is 96.5 cm³/mol. The molecule has 7 heteroatoms. The van der Waals surface area contributed by atoms with Crippen LogP contribution in [-0.2, 0) is 9.59 Å². The number of carbonyl (C=O) groups excluding carboxylic acids is 2. The zero-order chi connectivity index (χ0) is 18.4. The van der Waals surface area contributed by atoms with Gasteiger partial charge in [0.1, 0.15) is 12.1 Å². The lowest BCUT2D eigenvalue weighted by atomic mass is 9.81. The van der Waals surface area contributed by atoms with Crippen molar-refractivity contribution in [3.8, 4) is 0 Å². The number of azide groups is 1. The minimum absolute atomic E-state index is 0.0234. The van der Waals surface area contributed by atoms with Gasteiger partial charge in [-0.15, -0.1) is 0 Å². The van der Waals surface area contributed by atoms with Gasteiger partial charge in [-0.3, -0.25) is 9.59 Å². The van der Waals surface area contributed by atoms with Gasteiger partial charge in [-0.25, -0.2) is 0 Å². The summed E-state index contributed by atoms with van der Waals surface area (Å²) in [6, 6.07) is -1.29. The summed E-state index contributed by atoms with van der Waals surface area (Å²) in [5.74, 6) is 0.152. The summed E-state index contributed by atoms with van der Waals surface area (Å²) in [5.41, 5.74) is 8.90. The molecule has 0 bridgehead atoms. The van der Waals surface area contributed by atoms with Gasteiger partial charge in [-0.2, -0.15) is 0 Å². The maximum absolute atomic E-state index is 13.0. The molecule has 1 unspecified atom stereocenters. The van der Waals surface area contributed by atoms with E-state index in [4.69, 9.17) is 5.53 Å². The van der Waals surface area contributed by atoms with Crippen LogP contribution >= 0.6 is 0 Å². The van der Waals surface area contributed by atoms with Crippen LogP contribution < -0.4 is 5.32 Å². The molecule has 1 aliphatic heterocycles. The second-order valence-corrected chi connectivity index (χ2v) is 7.05. The molecule has 0 aromatic carbocycles. The Hall–Kier alpha value is -2.27. The third-order valence-electron chi connectivity index (χ3n) is 5.13. The van der Waals surface area contributed by atoms with Gasteiger partial charge in [0.15, 0.2) is 0 Å². The van der Waals surface area contributed by atoms with E-state index in [2.05, 4.69) is 27.5 Å². The monoisotopic (exact) mass is 345 g/mol. The Kier molecular flexibility index (Phi) is 6.65. The maximum atomic E-state index is 13.0. The highest BCUT2D eigenvalue weighted by Crippen LogP contribution is 2.33. The van der Waals surface area contributed by atoms with Gasteiger partial charge in [0.2, 0.25) is 11.8 Å².